The molecule has 0 spiro atoms. The maximum absolute atomic E-state index is 14.7. The van der Waals surface area contributed by atoms with Crippen LogP contribution in [0.2, 0.25) is 0 Å². The molecule has 2 heterocycles. The van der Waals surface area contributed by atoms with Crippen molar-refractivity contribution in [1.82, 2.24) is 19.6 Å². The Labute approximate surface area is 319 Å². The molecule has 2 fully saturated rings. The largest absolute Gasteiger partial charge is 0.507 e. The number of aromatic hydroxyl groups is 6. The lowest BCUT2D eigenvalue weighted by molar-refractivity contribution is -0.502. The minimum Gasteiger partial charge on any atom is -0.507 e. The number of likely N-dealkylation sites (tertiary alicyclic amines) is 1. The first kappa shape index (κ1) is 45.0. The van der Waals surface area contributed by atoms with Crippen molar-refractivity contribution in [3.05, 3.63) is 33.6 Å². The number of benzene rings is 2. The van der Waals surface area contributed by atoms with Crippen LogP contribution in [-0.4, -0.2) is 125 Å². The van der Waals surface area contributed by atoms with Crippen LogP contribution in [0.3, 0.4) is 0 Å². The topological polar surface area (TPSA) is 249 Å². The summed E-state index contributed by atoms with van der Waals surface area (Å²) in [5.74, 6) is -20.9. The highest BCUT2D eigenvalue weighted by molar-refractivity contribution is 5.77. The maximum Gasteiger partial charge on any atom is 0.423 e. The summed E-state index contributed by atoms with van der Waals surface area (Å²) in [5, 5.41) is 108. The second-order valence-electron chi connectivity index (χ2n) is 15.2. The van der Waals surface area contributed by atoms with Gasteiger partial charge < -0.3 is 60.9 Å². The number of amides is 3. The number of hydrogen-bond donors (Lipinski definition) is 10. The molecular weight excluding hydrogens is 789 g/mol. The van der Waals surface area contributed by atoms with Crippen LogP contribution in [0.4, 0.5) is 35.5 Å². The smallest absolute Gasteiger partial charge is 0.423 e. The summed E-state index contributed by atoms with van der Waals surface area (Å²) in [4.78, 5) is 29.5. The zero-order chi connectivity index (χ0) is 44.2. The number of rotatable bonds is 4. The van der Waals surface area contributed by atoms with E-state index in [2.05, 4.69) is 0 Å². The highest BCUT2D eigenvalue weighted by Crippen LogP contribution is 2.57. The molecule has 0 bridgehead atoms. The number of phenolic OH excluding ortho intramolecular Hbond substituents is 6. The van der Waals surface area contributed by atoms with Crippen molar-refractivity contribution in [1.29, 1.82) is 0 Å². The summed E-state index contributed by atoms with van der Waals surface area (Å²) < 4.78 is 98.3. The van der Waals surface area contributed by atoms with Crippen molar-refractivity contribution in [2.24, 2.45) is 0 Å². The minimum absolute atomic E-state index is 0.395. The molecule has 2 aromatic rings. The fourth-order valence-corrected chi connectivity index (χ4v) is 8.11. The average molecular weight is 833 g/mol. The molecule has 2 aliphatic heterocycles. The van der Waals surface area contributed by atoms with Crippen LogP contribution >= 0.6 is 0 Å². The number of halogens is 7. The zero-order valence-electron chi connectivity index (χ0n) is 31.6. The molecule has 57 heavy (non-hydrogen) atoms. The molecule has 320 valence electrons. The van der Waals surface area contributed by atoms with E-state index in [0.717, 1.165) is 37.6 Å². The van der Waals surface area contributed by atoms with Crippen LogP contribution in [0.25, 0.3) is 0 Å². The van der Waals surface area contributed by atoms with E-state index in [-0.39, 0.29) is 0 Å². The molecule has 2 aromatic carbocycles. The average Bonchev–Trinajstić information content (AvgIpc) is 3.03. The highest BCUT2D eigenvalue weighted by atomic mass is 19.4. The van der Waals surface area contributed by atoms with Gasteiger partial charge in [-0.1, -0.05) is 0 Å². The van der Waals surface area contributed by atoms with Gasteiger partial charge in [-0.3, -0.25) is 9.69 Å². The second-order valence-corrected chi connectivity index (χ2v) is 15.2. The quantitative estimate of drug-likeness (QED) is 0.0915. The van der Waals surface area contributed by atoms with E-state index in [0.29, 0.717) is 9.80 Å². The summed E-state index contributed by atoms with van der Waals surface area (Å²) >= 11 is 0. The number of aliphatic hydroxyl groups is 4. The van der Waals surface area contributed by atoms with Crippen molar-refractivity contribution >= 4 is 11.9 Å². The van der Waals surface area contributed by atoms with Gasteiger partial charge in [0.2, 0.25) is 11.7 Å². The van der Waals surface area contributed by atoms with Gasteiger partial charge in [0.15, 0.2) is 17.2 Å². The third kappa shape index (κ3) is 6.52. The van der Waals surface area contributed by atoms with E-state index >= 15 is 0 Å². The molecule has 3 unspecified atom stereocenters. The molecule has 16 nitrogen and oxygen atoms in total. The second kappa shape index (κ2) is 13.7. The lowest BCUT2D eigenvalue weighted by atomic mass is 9.73. The number of piperidine rings is 1. The van der Waals surface area contributed by atoms with E-state index in [1.807, 2.05) is 0 Å². The Morgan fingerprint density at radius 3 is 1.68 bits per heavy atom. The van der Waals surface area contributed by atoms with Crippen molar-refractivity contribution in [3.8, 4) is 34.5 Å². The number of urea groups is 1. The Balaban J connectivity index is 1.93. The van der Waals surface area contributed by atoms with Gasteiger partial charge in [-0.05, 0) is 54.4 Å². The third-order valence-electron chi connectivity index (χ3n) is 11.6. The first-order valence-corrected chi connectivity index (χ1v) is 16.9. The number of carbonyl (C=O) groups excluding carboxylic acids is 2. The molecule has 0 aliphatic carbocycles. The maximum atomic E-state index is 14.7. The molecule has 10 N–H and O–H groups in total. The molecule has 4 rings (SSSR count). The van der Waals surface area contributed by atoms with Crippen LogP contribution < -0.4 is 0 Å². The van der Waals surface area contributed by atoms with Gasteiger partial charge in [-0.15, -0.1) is 0 Å². The zero-order valence-corrected chi connectivity index (χ0v) is 31.6. The van der Waals surface area contributed by atoms with Crippen LogP contribution in [0.1, 0.15) is 94.3 Å². The summed E-state index contributed by atoms with van der Waals surface area (Å²) in [5.41, 5.74) is -11.1. The van der Waals surface area contributed by atoms with Crippen molar-refractivity contribution < 1.29 is 91.4 Å². The Hall–Kier alpha value is -4.71. The number of carbonyl (C=O) groups is 2. The van der Waals surface area contributed by atoms with E-state index in [4.69, 9.17) is 0 Å². The van der Waals surface area contributed by atoms with E-state index in [1.165, 1.54) is 27.7 Å². The van der Waals surface area contributed by atoms with Gasteiger partial charge in [0.1, 0.15) is 28.4 Å². The fourth-order valence-electron chi connectivity index (χ4n) is 8.11. The van der Waals surface area contributed by atoms with Crippen LogP contribution in [0.5, 0.6) is 34.5 Å². The lowest BCUT2D eigenvalue weighted by Gasteiger charge is -2.68. The van der Waals surface area contributed by atoms with Crippen LogP contribution in [0.15, 0.2) is 0 Å². The number of hydrogen-bond acceptors (Lipinski definition) is 13. The minimum atomic E-state index is -5.83. The van der Waals surface area contributed by atoms with Crippen molar-refractivity contribution in [2.75, 3.05) is 13.6 Å². The normalized spacial score (nSPS) is 22.6. The molecule has 3 amide bonds. The molecular formula is C34H43F7N4O12. The van der Waals surface area contributed by atoms with Gasteiger partial charge in [0, 0.05) is 43.2 Å². The SMILES string of the molecule is CC(=O)N1C(C)(C)C(C)(C)N(C2CCN(C(=O)N(C)C(C)c3c(O)c(C(F)(F)F)c(O)c(C(F)(F)F)c3O)C(c3c(C)c(O)c(F)c(O)c3O)C2)C(O)(O)C1(O)O. The molecule has 3 atom stereocenters. The number of nitrogens with zero attached hydrogens (tertiary/aromatic N) is 4. The van der Waals surface area contributed by atoms with Crippen molar-refractivity contribution in [2.45, 2.75) is 115 Å². The summed E-state index contributed by atoms with van der Waals surface area (Å²) in [6.45, 7) is 7.63. The van der Waals surface area contributed by atoms with Gasteiger partial charge >= 0.3 is 30.2 Å². The van der Waals surface area contributed by atoms with Gasteiger partial charge in [-0.25, -0.2) is 9.69 Å². The van der Waals surface area contributed by atoms with Crippen molar-refractivity contribution in [3.63, 3.8) is 0 Å². The van der Waals surface area contributed by atoms with E-state index < -0.39 is 153 Å². The molecule has 2 saturated heterocycles. The fraction of sp³-hybridized carbons (Fsp3) is 0.588. The Bertz CT molecular complexity index is 1890. The van der Waals surface area contributed by atoms with Crippen LogP contribution in [-0.2, 0) is 17.1 Å². The Kier molecular flexibility index (Phi) is 10.8. The highest BCUT2D eigenvalue weighted by Gasteiger charge is 2.73. The summed E-state index contributed by atoms with van der Waals surface area (Å²) in [7, 11) is 0.819. The molecule has 0 saturated carbocycles. The molecule has 0 aromatic heterocycles. The number of phenols is 6. The Morgan fingerprint density at radius 2 is 1.25 bits per heavy atom. The predicted molar refractivity (Wildman–Crippen MR) is 178 cm³/mol. The standard InChI is InChI=1S/C34H43F7N4O12/c1-12-17(25(50)27(52)21(35)22(12)47)16-11-15(45-30(6,7)29(4,5)44(14(3)46)33(54,55)34(45,56)57)9-10-43(16)28(53)42(8)13(2)18-23(48)19(31(36,37)38)26(51)20(24(18)49)32(39,40)41/h13,15-16,47-52,54-57H,9-11H2,1-8H3. The first-order chi connectivity index (χ1) is 25.5. The van der Waals surface area contributed by atoms with E-state index in [1.54, 1.807) is 0 Å². The molecule has 23 heteroatoms. The van der Waals surface area contributed by atoms with Gasteiger partial charge in [0.25, 0.3) is 0 Å². The lowest BCUT2D eigenvalue weighted by Crippen LogP contribution is -2.89. The number of piperazine rings is 1. The third-order valence-corrected chi connectivity index (χ3v) is 11.6. The molecule has 2 aliphatic rings. The Morgan fingerprint density at radius 1 is 0.772 bits per heavy atom. The van der Waals surface area contributed by atoms with Crippen LogP contribution in [0, 0.1) is 12.7 Å². The summed E-state index contributed by atoms with van der Waals surface area (Å²) in [6.07, 6.45) is -12.7. The number of alkyl halides is 6. The van der Waals surface area contributed by atoms with Gasteiger partial charge in [-0.2, -0.15) is 30.7 Å². The molecule has 0 radical (unpaired) electrons. The predicted octanol–water partition coefficient (Wildman–Crippen LogP) is 3.72. The van der Waals surface area contributed by atoms with Gasteiger partial charge in [0.05, 0.1) is 23.2 Å². The summed E-state index contributed by atoms with van der Waals surface area (Å²) in [6, 6.07) is -6.56. The monoisotopic (exact) mass is 832 g/mol. The van der Waals surface area contributed by atoms with E-state index in [9.17, 15) is 91.4 Å². The first-order valence-electron chi connectivity index (χ1n) is 16.9.